The molecule has 0 fully saturated rings. The molecule has 5 heteroatoms. The van der Waals surface area contributed by atoms with E-state index in [1.54, 1.807) is 19.1 Å². The van der Waals surface area contributed by atoms with Gasteiger partial charge in [-0.05, 0) is 31.5 Å². The zero-order valence-electron chi connectivity index (χ0n) is 9.27. The number of nitriles is 1. The van der Waals surface area contributed by atoms with Gasteiger partial charge in [0.2, 0.25) is 10.0 Å². The highest BCUT2D eigenvalue weighted by Crippen LogP contribution is 2.11. The second-order valence-corrected chi connectivity index (χ2v) is 5.42. The molecule has 0 amide bonds. The van der Waals surface area contributed by atoms with Gasteiger partial charge in [0.05, 0.1) is 17.4 Å². The highest BCUT2D eigenvalue weighted by molar-refractivity contribution is 7.89. The Bertz CT molecular complexity index is 503. The van der Waals surface area contributed by atoms with Crippen molar-refractivity contribution >= 4 is 10.0 Å². The number of benzene rings is 1. The zero-order valence-corrected chi connectivity index (χ0v) is 10.1. The Morgan fingerprint density at radius 3 is 2.75 bits per heavy atom. The third-order valence-corrected chi connectivity index (χ3v) is 3.64. The van der Waals surface area contributed by atoms with Crippen LogP contribution in [-0.4, -0.2) is 14.5 Å². The summed E-state index contributed by atoms with van der Waals surface area (Å²) in [6, 6.07) is 8.21. The fourth-order valence-electron chi connectivity index (χ4n) is 1.29. The minimum Gasteiger partial charge on any atom is -0.207 e. The molecule has 0 aliphatic carbocycles. The van der Waals surface area contributed by atoms with E-state index in [-0.39, 0.29) is 17.4 Å². The number of nitrogens with one attached hydrogen (secondary N) is 1. The molecule has 1 N–H and O–H groups in total. The third-order valence-electron chi connectivity index (χ3n) is 2.05. The molecule has 0 saturated carbocycles. The van der Waals surface area contributed by atoms with E-state index in [1.165, 1.54) is 6.07 Å². The molecule has 1 aromatic rings. The van der Waals surface area contributed by atoms with Gasteiger partial charge in [0.1, 0.15) is 0 Å². The summed E-state index contributed by atoms with van der Waals surface area (Å²) < 4.78 is 26.1. The molecule has 0 aliphatic rings. The van der Waals surface area contributed by atoms with Crippen LogP contribution in [0.2, 0.25) is 0 Å². The summed E-state index contributed by atoms with van der Waals surface area (Å²) in [5.74, 6) is 0. The van der Waals surface area contributed by atoms with Crippen LogP contribution in [0.4, 0.5) is 0 Å². The third kappa shape index (κ3) is 3.33. The molecule has 0 aliphatic heterocycles. The van der Waals surface area contributed by atoms with Crippen molar-refractivity contribution in [2.24, 2.45) is 0 Å². The Morgan fingerprint density at radius 2 is 2.19 bits per heavy atom. The van der Waals surface area contributed by atoms with Crippen LogP contribution in [0.15, 0.2) is 29.2 Å². The van der Waals surface area contributed by atoms with E-state index in [1.807, 2.05) is 19.1 Å². The standard InChI is InChI=1S/C11H14N2O2S/c1-9-4-3-5-11(8-9)16(14,15)13-10(2)6-7-12/h3-5,8,10,13H,6H2,1-2H3/t10-/m1/s1. The van der Waals surface area contributed by atoms with E-state index in [0.717, 1.165) is 5.56 Å². The van der Waals surface area contributed by atoms with Crippen molar-refractivity contribution in [1.82, 2.24) is 4.72 Å². The van der Waals surface area contributed by atoms with Crippen LogP contribution in [0.3, 0.4) is 0 Å². The maximum Gasteiger partial charge on any atom is 0.240 e. The first-order valence-corrected chi connectivity index (χ1v) is 6.40. The lowest BCUT2D eigenvalue weighted by Crippen LogP contribution is -2.32. The molecule has 0 radical (unpaired) electrons. The second kappa shape index (κ2) is 5.10. The van der Waals surface area contributed by atoms with E-state index in [9.17, 15) is 8.42 Å². The molecule has 0 heterocycles. The Kier molecular flexibility index (Phi) is 4.05. The number of hydrogen-bond acceptors (Lipinski definition) is 3. The average molecular weight is 238 g/mol. The van der Waals surface area contributed by atoms with Crippen LogP contribution >= 0.6 is 0 Å². The van der Waals surface area contributed by atoms with Gasteiger partial charge in [-0.3, -0.25) is 0 Å². The van der Waals surface area contributed by atoms with Gasteiger partial charge >= 0.3 is 0 Å². The van der Waals surface area contributed by atoms with Crippen LogP contribution in [0.5, 0.6) is 0 Å². The largest absolute Gasteiger partial charge is 0.240 e. The summed E-state index contributed by atoms with van der Waals surface area (Å²) in [4.78, 5) is 0.234. The van der Waals surface area contributed by atoms with Crippen molar-refractivity contribution in [3.63, 3.8) is 0 Å². The zero-order chi connectivity index (χ0) is 12.2. The van der Waals surface area contributed by atoms with Gasteiger partial charge in [0.15, 0.2) is 0 Å². The van der Waals surface area contributed by atoms with Gasteiger partial charge in [0, 0.05) is 6.04 Å². The molecule has 0 bridgehead atoms. The molecular weight excluding hydrogens is 224 g/mol. The molecular formula is C11H14N2O2S. The first kappa shape index (κ1) is 12.7. The predicted molar refractivity (Wildman–Crippen MR) is 61.2 cm³/mol. The maximum atomic E-state index is 11.8. The van der Waals surface area contributed by atoms with Crippen LogP contribution in [0, 0.1) is 18.3 Å². The molecule has 0 unspecified atom stereocenters. The van der Waals surface area contributed by atoms with Gasteiger partial charge in [-0.25, -0.2) is 13.1 Å². The summed E-state index contributed by atoms with van der Waals surface area (Å²) in [5.41, 5.74) is 0.885. The predicted octanol–water partition coefficient (Wildman–Crippen LogP) is 1.58. The molecule has 0 aromatic heterocycles. The summed E-state index contributed by atoms with van der Waals surface area (Å²) in [7, 11) is -3.51. The first-order chi connectivity index (χ1) is 7.45. The molecule has 0 saturated heterocycles. The molecule has 4 nitrogen and oxygen atoms in total. The fourth-order valence-corrected chi connectivity index (χ4v) is 2.64. The van der Waals surface area contributed by atoms with Crippen molar-refractivity contribution in [3.8, 4) is 6.07 Å². The van der Waals surface area contributed by atoms with E-state index in [4.69, 9.17) is 5.26 Å². The van der Waals surface area contributed by atoms with Crippen molar-refractivity contribution in [1.29, 1.82) is 5.26 Å². The Balaban J connectivity index is 2.91. The van der Waals surface area contributed by atoms with Crippen LogP contribution in [0.1, 0.15) is 18.9 Å². The molecule has 0 spiro atoms. The van der Waals surface area contributed by atoms with Crippen LogP contribution in [0.25, 0.3) is 0 Å². The topological polar surface area (TPSA) is 70.0 Å². The van der Waals surface area contributed by atoms with Crippen LogP contribution < -0.4 is 4.72 Å². The average Bonchev–Trinajstić information content (AvgIpc) is 2.17. The number of aryl methyl sites for hydroxylation is 1. The van der Waals surface area contributed by atoms with Gasteiger partial charge in [0.25, 0.3) is 0 Å². The van der Waals surface area contributed by atoms with E-state index in [0.29, 0.717) is 0 Å². The lowest BCUT2D eigenvalue weighted by atomic mass is 10.2. The second-order valence-electron chi connectivity index (χ2n) is 3.70. The quantitative estimate of drug-likeness (QED) is 0.865. The molecule has 1 aromatic carbocycles. The van der Waals surface area contributed by atoms with E-state index in [2.05, 4.69) is 4.72 Å². The smallest absolute Gasteiger partial charge is 0.207 e. The van der Waals surface area contributed by atoms with Gasteiger partial charge in [-0.2, -0.15) is 5.26 Å². The fraction of sp³-hybridized carbons (Fsp3) is 0.364. The lowest BCUT2D eigenvalue weighted by Gasteiger charge is -2.11. The number of hydrogen-bond donors (Lipinski definition) is 1. The number of rotatable bonds is 4. The van der Waals surface area contributed by atoms with E-state index < -0.39 is 10.0 Å². The SMILES string of the molecule is Cc1cccc(S(=O)(=O)N[C@H](C)CC#N)c1. The van der Waals surface area contributed by atoms with Gasteiger partial charge in [-0.15, -0.1) is 0 Å². The minimum atomic E-state index is -3.51. The number of nitrogens with zero attached hydrogens (tertiary/aromatic N) is 1. The lowest BCUT2D eigenvalue weighted by molar-refractivity contribution is 0.563. The highest BCUT2D eigenvalue weighted by Gasteiger charge is 2.16. The number of sulfonamides is 1. The summed E-state index contributed by atoms with van der Waals surface area (Å²) in [6.45, 7) is 3.49. The van der Waals surface area contributed by atoms with E-state index >= 15 is 0 Å². The molecule has 86 valence electrons. The Labute approximate surface area is 96.0 Å². The normalized spacial score (nSPS) is 13.1. The minimum absolute atomic E-state index is 0.158. The Hall–Kier alpha value is -1.38. The molecule has 1 atom stereocenters. The van der Waals surface area contributed by atoms with Crippen molar-refractivity contribution in [2.45, 2.75) is 31.2 Å². The summed E-state index contributed by atoms with van der Waals surface area (Å²) >= 11 is 0. The summed E-state index contributed by atoms with van der Waals surface area (Å²) in [5, 5.41) is 8.46. The Morgan fingerprint density at radius 1 is 1.50 bits per heavy atom. The monoisotopic (exact) mass is 238 g/mol. The van der Waals surface area contributed by atoms with Crippen LogP contribution in [-0.2, 0) is 10.0 Å². The maximum absolute atomic E-state index is 11.8. The van der Waals surface area contributed by atoms with Gasteiger partial charge in [-0.1, -0.05) is 12.1 Å². The highest BCUT2D eigenvalue weighted by atomic mass is 32.2. The first-order valence-electron chi connectivity index (χ1n) is 4.91. The molecule has 16 heavy (non-hydrogen) atoms. The van der Waals surface area contributed by atoms with Crippen molar-refractivity contribution < 1.29 is 8.42 Å². The summed E-state index contributed by atoms with van der Waals surface area (Å²) in [6.07, 6.45) is 0.158. The van der Waals surface area contributed by atoms with Crippen molar-refractivity contribution in [3.05, 3.63) is 29.8 Å². The van der Waals surface area contributed by atoms with Gasteiger partial charge < -0.3 is 0 Å². The molecule has 1 rings (SSSR count). The van der Waals surface area contributed by atoms with Crippen molar-refractivity contribution in [2.75, 3.05) is 0 Å².